The number of amides is 2. The fourth-order valence-electron chi connectivity index (χ4n) is 3.49. The van der Waals surface area contributed by atoms with Crippen LogP contribution >= 0.6 is 22.7 Å². The van der Waals surface area contributed by atoms with Gasteiger partial charge in [-0.25, -0.2) is 9.97 Å². The van der Waals surface area contributed by atoms with Crippen LogP contribution in [0.2, 0.25) is 0 Å². The maximum absolute atomic E-state index is 12.5. The lowest BCUT2D eigenvalue weighted by molar-refractivity contribution is -0.117. The lowest BCUT2D eigenvalue weighted by Crippen LogP contribution is -2.48. The molecule has 11 heteroatoms. The van der Waals surface area contributed by atoms with E-state index in [2.05, 4.69) is 30.4 Å². The third-order valence-corrected chi connectivity index (χ3v) is 6.80. The van der Waals surface area contributed by atoms with Crippen molar-refractivity contribution in [3.05, 3.63) is 29.3 Å². The van der Waals surface area contributed by atoms with Crippen molar-refractivity contribution in [2.45, 2.75) is 20.4 Å². The molecule has 0 atom stereocenters. The second-order valence-electron chi connectivity index (χ2n) is 7.49. The Hall–Kier alpha value is -2.60. The van der Waals surface area contributed by atoms with Gasteiger partial charge in [-0.1, -0.05) is 11.3 Å². The third-order valence-electron chi connectivity index (χ3n) is 4.97. The fourth-order valence-corrected chi connectivity index (χ4v) is 5.30. The Kier molecular flexibility index (Phi) is 7.30. The molecule has 1 fully saturated rings. The quantitative estimate of drug-likeness (QED) is 0.518. The molecule has 0 spiro atoms. The molecule has 0 bridgehead atoms. The van der Waals surface area contributed by atoms with Crippen molar-refractivity contribution in [3.8, 4) is 5.75 Å². The number of thiazole rings is 2. The van der Waals surface area contributed by atoms with Crippen LogP contribution in [0.5, 0.6) is 5.75 Å². The van der Waals surface area contributed by atoms with Crippen molar-refractivity contribution in [2.24, 2.45) is 0 Å². The minimum absolute atomic E-state index is 0.0510. The Morgan fingerprint density at radius 2 is 1.88 bits per heavy atom. The second-order valence-corrected chi connectivity index (χ2v) is 9.64. The first-order valence-electron chi connectivity index (χ1n) is 10.5. The summed E-state index contributed by atoms with van der Waals surface area (Å²) in [5, 5.41) is 6.89. The Balaban J connectivity index is 1.23. The van der Waals surface area contributed by atoms with Gasteiger partial charge in [-0.3, -0.25) is 19.4 Å². The number of hydrogen-bond donors (Lipinski definition) is 2. The second kappa shape index (κ2) is 10.3. The van der Waals surface area contributed by atoms with E-state index < -0.39 is 0 Å². The molecule has 170 valence electrons. The highest BCUT2D eigenvalue weighted by Gasteiger charge is 2.20. The van der Waals surface area contributed by atoms with Crippen molar-refractivity contribution >= 4 is 55.0 Å². The first kappa shape index (κ1) is 22.6. The van der Waals surface area contributed by atoms with Crippen LogP contribution in [-0.4, -0.2) is 70.9 Å². The molecule has 2 aromatic heterocycles. The number of nitrogens with one attached hydrogen (secondary N) is 2. The van der Waals surface area contributed by atoms with Gasteiger partial charge in [0.05, 0.1) is 23.4 Å². The van der Waals surface area contributed by atoms with Crippen molar-refractivity contribution in [1.29, 1.82) is 0 Å². The lowest BCUT2D eigenvalue weighted by atomic mass is 10.3. The van der Waals surface area contributed by atoms with E-state index in [0.717, 1.165) is 53.6 Å². The molecule has 3 heterocycles. The fraction of sp³-hybridized carbons (Fsp3) is 0.429. The molecule has 32 heavy (non-hydrogen) atoms. The van der Waals surface area contributed by atoms with Crippen molar-refractivity contribution in [2.75, 3.05) is 50.0 Å². The molecule has 1 aliphatic heterocycles. The van der Waals surface area contributed by atoms with Crippen LogP contribution < -0.4 is 15.4 Å². The molecule has 4 rings (SSSR count). The summed E-state index contributed by atoms with van der Waals surface area (Å²) < 4.78 is 6.52. The predicted octanol–water partition coefficient (Wildman–Crippen LogP) is 2.87. The number of ether oxygens (including phenoxy) is 1. The molecule has 3 aromatic rings. The van der Waals surface area contributed by atoms with E-state index in [1.807, 2.05) is 31.3 Å². The molecule has 2 amide bonds. The van der Waals surface area contributed by atoms with Crippen LogP contribution in [0.15, 0.2) is 24.4 Å². The number of benzene rings is 1. The number of aromatic nitrogens is 2. The van der Waals surface area contributed by atoms with Gasteiger partial charge in [-0.2, -0.15) is 0 Å². The molecule has 0 radical (unpaired) electrons. The maximum atomic E-state index is 12.5. The summed E-state index contributed by atoms with van der Waals surface area (Å²) >= 11 is 2.95. The number of rotatable bonds is 8. The van der Waals surface area contributed by atoms with E-state index in [1.165, 1.54) is 29.6 Å². The zero-order valence-corrected chi connectivity index (χ0v) is 19.7. The maximum Gasteiger partial charge on any atom is 0.240 e. The number of nitrogens with zero attached hydrogens (tertiary/aromatic N) is 4. The van der Waals surface area contributed by atoms with Crippen molar-refractivity contribution < 1.29 is 14.3 Å². The van der Waals surface area contributed by atoms with Gasteiger partial charge in [-0.15, -0.1) is 11.3 Å². The Morgan fingerprint density at radius 3 is 2.62 bits per heavy atom. The van der Waals surface area contributed by atoms with Crippen LogP contribution in [0, 0.1) is 0 Å². The summed E-state index contributed by atoms with van der Waals surface area (Å²) in [6.45, 7) is 8.59. The predicted molar refractivity (Wildman–Crippen MR) is 128 cm³/mol. The van der Waals surface area contributed by atoms with E-state index in [0.29, 0.717) is 23.4 Å². The highest BCUT2D eigenvalue weighted by molar-refractivity contribution is 7.22. The van der Waals surface area contributed by atoms with E-state index in [9.17, 15) is 9.59 Å². The van der Waals surface area contributed by atoms with Crippen LogP contribution in [-0.2, 0) is 16.1 Å². The Labute approximate surface area is 194 Å². The van der Waals surface area contributed by atoms with E-state index in [4.69, 9.17) is 4.74 Å². The highest BCUT2D eigenvalue weighted by atomic mass is 32.1. The number of anilines is 2. The van der Waals surface area contributed by atoms with Crippen LogP contribution in [0.4, 0.5) is 10.3 Å². The SMILES string of the molecule is CCOc1ccc2nc(NC(=O)CN3CCN(Cc4cnc(NC(C)=O)s4)CC3)sc2c1. The molecular formula is C21H26N6O3S2. The summed E-state index contributed by atoms with van der Waals surface area (Å²) in [5.41, 5.74) is 0.854. The molecule has 2 N–H and O–H groups in total. The molecule has 0 unspecified atom stereocenters. The summed E-state index contributed by atoms with van der Waals surface area (Å²) in [5.74, 6) is 0.646. The molecule has 1 saturated heterocycles. The van der Waals surface area contributed by atoms with Gasteiger partial charge in [0.1, 0.15) is 5.75 Å². The number of carbonyl (C=O) groups excluding carboxylic acids is 2. The van der Waals surface area contributed by atoms with Gasteiger partial charge in [0, 0.05) is 50.7 Å². The highest BCUT2D eigenvalue weighted by Crippen LogP contribution is 2.29. The zero-order chi connectivity index (χ0) is 22.5. The van der Waals surface area contributed by atoms with Gasteiger partial charge in [-0.05, 0) is 25.1 Å². The van der Waals surface area contributed by atoms with E-state index in [-0.39, 0.29) is 11.8 Å². The first-order chi connectivity index (χ1) is 15.5. The minimum Gasteiger partial charge on any atom is -0.494 e. The average molecular weight is 475 g/mol. The molecule has 1 aliphatic rings. The van der Waals surface area contributed by atoms with Crippen molar-refractivity contribution in [3.63, 3.8) is 0 Å². The summed E-state index contributed by atoms with van der Waals surface area (Å²) in [6.07, 6.45) is 1.81. The summed E-state index contributed by atoms with van der Waals surface area (Å²) in [6, 6.07) is 5.76. The summed E-state index contributed by atoms with van der Waals surface area (Å²) in [4.78, 5) is 38.0. The topological polar surface area (TPSA) is 99.7 Å². The Morgan fingerprint density at radius 1 is 1.09 bits per heavy atom. The Bertz CT molecular complexity index is 1090. The van der Waals surface area contributed by atoms with Gasteiger partial charge in [0.25, 0.3) is 0 Å². The number of fused-ring (bicyclic) bond motifs is 1. The normalized spacial score (nSPS) is 15.1. The average Bonchev–Trinajstić information content (AvgIpc) is 3.34. The van der Waals surface area contributed by atoms with Gasteiger partial charge < -0.3 is 15.4 Å². The van der Waals surface area contributed by atoms with Crippen LogP contribution in [0.1, 0.15) is 18.7 Å². The number of piperazine rings is 1. The monoisotopic (exact) mass is 474 g/mol. The lowest BCUT2D eigenvalue weighted by Gasteiger charge is -2.33. The van der Waals surface area contributed by atoms with Gasteiger partial charge in [0.2, 0.25) is 11.8 Å². The molecular weight excluding hydrogens is 448 g/mol. The molecule has 1 aromatic carbocycles. The first-order valence-corrected chi connectivity index (χ1v) is 12.1. The van der Waals surface area contributed by atoms with Gasteiger partial charge >= 0.3 is 0 Å². The van der Waals surface area contributed by atoms with Gasteiger partial charge in [0.15, 0.2) is 10.3 Å². The number of carbonyl (C=O) groups is 2. The smallest absolute Gasteiger partial charge is 0.240 e. The molecule has 9 nitrogen and oxygen atoms in total. The minimum atomic E-state index is -0.112. The zero-order valence-electron chi connectivity index (χ0n) is 18.1. The van der Waals surface area contributed by atoms with E-state index >= 15 is 0 Å². The third kappa shape index (κ3) is 6.00. The molecule has 0 saturated carbocycles. The van der Waals surface area contributed by atoms with Crippen molar-refractivity contribution in [1.82, 2.24) is 19.8 Å². The largest absolute Gasteiger partial charge is 0.494 e. The molecule has 0 aliphatic carbocycles. The van der Waals surface area contributed by atoms with Crippen LogP contribution in [0.3, 0.4) is 0 Å². The summed E-state index contributed by atoms with van der Waals surface area (Å²) in [7, 11) is 0. The van der Waals surface area contributed by atoms with Crippen LogP contribution in [0.25, 0.3) is 10.2 Å². The standard InChI is InChI=1S/C21H26N6O3S2/c1-3-30-15-4-5-17-18(10-15)32-21(24-17)25-19(29)13-27-8-6-26(7-9-27)12-16-11-22-20(31-16)23-14(2)28/h4-5,10-11H,3,6-9,12-13H2,1-2H3,(H,22,23,28)(H,24,25,29). The van der Waals surface area contributed by atoms with E-state index in [1.54, 1.807) is 0 Å². The number of hydrogen-bond acceptors (Lipinski definition) is 9.